The molecule has 84 valence electrons. The van der Waals surface area contributed by atoms with E-state index in [1.54, 1.807) is 0 Å². The maximum absolute atomic E-state index is 4.20. The Morgan fingerprint density at radius 3 is 2.80 bits per heavy atom. The number of aromatic nitrogens is 2. The van der Waals surface area contributed by atoms with Gasteiger partial charge >= 0.3 is 0 Å². The van der Waals surface area contributed by atoms with Crippen LogP contribution in [-0.4, -0.2) is 23.4 Å². The molecule has 3 heteroatoms. The van der Waals surface area contributed by atoms with Gasteiger partial charge in [0, 0.05) is 18.9 Å². The summed E-state index contributed by atoms with van der Waals surface area (Å²) in [6.07, 6.45) is 7.23. The molecule has 0 bridgehead atoms. The minimum absolute atomic E-state index is 0.920. The molecule has 0 spiro atoms. The summed E-state index contributed by atoms with van der Waals surface area (Å²) in [7, 11) is 4.08. The van der Waals surface area contributed by atoms with Gasteiger partial charge in [0.05, 0.1) is 0 Å². The summed E-state index contributed by atoms with van der Waals surface area (Å²) < 4.78 is 1.99. The van der Waals surface area contributed by atoms with E-state index in [0.29, 0.717) is 0 Å². The van der Waals surface area contributed by atoms with Crippen LogP contribution < -0.4 is 5.32 Å². The van der Waals surface area contributed by atoms with Crippen LogP contribution in [0.2, 0.25) is 0 Å². The molecule has 1 fully saturated rings. The molecule has 0 aliphatic heterocycles. The number of hydrogen-bond donors (Lipinski definition) is 1. The zero-order valence-corrected chi connectivity index (χ0v) is 9.74. The van der Waals surface area contributed by atoms with Gasteiger partial charge in [0.15, 0.2) is 0 Å². The van der Waals surface area contributed by atoms with Crippen molar-refractivity contribution in [3.05, 3.63) is 18.0 Å². The summed E-state index contributed by atoms with van der Waals surface area (Å²) in [5.74, 6) is 1.86. The first-order valence-corrected chi connectivity index (χ1v) is 5.92. The van der Waals surface area contributed by atoms with Crippen LogP contribution in [0, 0.1) is 11.8 Å². The average molecular weight is 207 g/mol. The van der Waals surface area contributed by atoms with Crippen molar-refractivity contribution in [1.29, 1.82) is 0 Å². The van der Waals surface area contributed by atoms with Gasteiger partial charge in [-0.1, -0.05) is 0 Å². The van der Waals surface area contributed by atoms with Crippen LogP contribution >= 0.6 is 0 Å². The largest absolute Gasteiger partial charge is 0.319 e. The van der Waals surface area contributed by atoms with Crippen molar-refractivity contribution in [2.45, 2.75) is 25.7 Å². The number of hydrogen-bond acceptors (Lipinski definition) is 2. The van der Waals surface area contributed by atoms with Crippen LogP contribution in [0.1, 0.15) is 25.0 Å². The SMILES string of the molecule is CNCC1CCC1CCc1ccnn1C. The summed E-state index contributed by atoms with van der Waals surface area (Å²) in [5, 5.41) is 7.48. The van der Waals surface area contributed by atoms with Gasteiger partial charge in [0.2, 0.25) is 0 Å². The van der Waals surface area contributed by atoms with Gasteiger partial charge in [0.1, 0.15) is 0 Å². The second kappa shape index (κ2) is 4.79. The molecule has 1 N–H and O–H groups in total. The van der Waals surface area contributed by atoms with Crippen LogP contribution in [-0.2, 0) is 13.5 Å². The normalized spacial score (nSPS) is 25.2. The maximum Gasteiger partial charge on any atom is 0.0492 e. The molecule has 1 saturated carbocycles. The van der Waals surface area contributed by atoms with Crippen molar-refractivity contribution < 1.29 is 0 Å². The number of nitrogens with one attached hydrogen (secondary N) is 1. The second-order valence-corrected chi connectivity index (χ2v) is 4.64. The highest BCUT2D eigenvalue weighted by Gasteiger charge is 2.29. The number of aryl methyl sites for hydroxylation is 2. The van der Waals surface area contributed by atoms with E-state index in [1.807, 2.05) is 17.9 Å². The van der Waals surface area contributed by atoms with E-state index >= 15 is 0 Å². The molecule has 15 heavy (non-hydrogen) atoms. The van der Waals surface area contributed by atoms with Gasteiger partial charge in [-0.3, -0.25) is 4.68 Å². The van der Waals surface area contributed by atoms with E-state index in [0.717, 1.165) is 11.8 Å². The Hall–Kier alpha value is -0.830. The summed E-state index contributed by atoms with van der Waals surface area (Å²) in [6, 6.07) is 2.13. The summed E-state index contributed by atoms with van der Waals surface area (Å²) in [6.45, 7) is 1.19. The summed E-state index contributed by atoms with van der Waals surface area (Å²) >= 11 is 0. The lowest BCUT2D eigenvalue weighted by Gasteiger charge is -2.36. The Bertz CT molecular complexity index is 306. The van der Waals surface area contributed by atoms with Crippen LogP contribution in [0.15, 0.2) is 12.3 Å². The molecule has 0 radical (unpaired) electrons. The molecular formula is C12H21N3. The fraction of sp³-hybridized carbons (Fsp3) is 0.750. The molecule has 0 saturated heterocycles. The molecule has 2 unspecified atom stereocenters. The molecule has 1 heterocycles. The van der Waals surface area contributed by atoms with Gasteiger partial charge in [-0.2, -0.15) is 5.10 Å². The Morgan fingerprint density at radius 1 is 1.47 bits per heavy atom. The molecule has 1 aliphatic carbocycles. The molecule has 0 amide bonds. The molecule has 3 nitrogen and oxygen atoms in total. The second-order valence-electron chi connectivity index (χ2n) is 4.64. The van der Waals surface area contributed by atoms with Gasteiger partial charge in [-0.25, -0.2) is 0 Å². The first-order valence-electron chi connectivity index (χ1n) is 5.92. The average Bonchev–Trinajstić information content (AvgIpc) is 2.60. The zero-order chi connectivity index (χ0) is 10.7. The van der Waals surface area contributed by atoms with Gasteiger partial charge in [0.25, 0.3) is 0 Å². The molecule has 2 atom stereocenters. The van der Waals surface area contributed by atoms with E-state index in [4.69, 9.17) is 0 Å². The highest BCUT2D eigenvalue weighted by atomic mass is 15.2. The lowest BCUT2D eigenvalue weighted by molar-refractivity contribution is 0.162. The lowest BCUT2D eigenvalue weighted by Crippen LogP contribution is -2.34. The monoisotopic (exact) mass is 207 g/mol. The number of nitrogens with zero attached hydrogens (tertiary/aromatic N) is 2. The van der Waals surface area contributed by atoms with Crippen LogP contribution in [0.3, 0.4) is 0 Å². The summed E-state index contributed by atoms with van der Waals surface area (Å²) in [5.41, 5.74) is 1.37. The van der Waals surface area contributed by atoms with E-state index in [9.17, 15) is 0 Å². The van der Waals surface area contributed by atoms with E-state index in [2.05, 4.69) is 23.5 Å². The first-order chi connectivity index (χ1) is 7.31. The third-order valence-corrected chi connectivity index (χ3v) is 3.73. The fourth-order valence-electron chi connectivity index (χ4n) is 2.53. The third-order valence-electron chi connectivity index (χ3n) is 3.73. The zero-order valence-electron chi connectivity index (χ0n) is 9.74. The molecule has 1 aromatic rings. The molecule has 1 aliphatic rings. The number of rotatable bonds is 5. The summed E-state index contributed by atoms with van der Waals surface area (Å²) in [4.78, 5) is 0. The first kappa shape index (κ1) is 10.7. The topological polar surface area (TPSA) is 29.9 Å². The van der Waals surface area contributed by atoms with Crippen molar-refractivity contribution in [2.24, 2.45) is 18.9 Å². The molecule has 2 rings (SSSR count). The smallest absolute Gasteiger partial charge is 0.0492 e. The maximum atomic E-state index is 4.20. The van der Waals surface area contributed by atoms with Gasteiger partial charge < -0.3 is 5.32 Å². The third kappa shape index (κ3) is 2.40. The van der Waals surface area contributed by atoms with E-state index in [1.165, 1.54) is 37.9 Å². The van der Waals surface area contributed by atoms with Gasteiger partial charge in [-0.15, -0.1) is 0 Å². The highest BCUT2D eigenvalue weighted by molar-refractivity contribution is 5.00. The van der Waals surface area contributed by atoms with Crippen molar-refractivity contribution in [1.82, 2.24) is 15.1 Å². The molecule has 0 aromatic carbocycles. The minimum Gasteiger partial charge on any atom is -0.319 e. The van der Waals surface area contributed by atoms with Crippen molar-refractivity contribution >= 4 is 0 Å². The van der Waals surface area contributed by atoms with E-state index < -0.39 is 0 Å². The molecular weight excluding hydrogens is 186 g/mol. The Kier molecular flexibility index (Phi) is 3.41. The van der Waals surface area contributed by atoms with Crippen LogP contribution in [0.25, 0.3) is 0 Å². The van der Waals surface area contributed by atoms with Crippen LogP contribution in [0.4, 0.5) is 0 Å². The Balaban J connectivity index is 1.77. The predicted molar refractivity (Wildman–Crippen MR) is 61.7 cm³/mol. The Morgan fingerprint density at radius 2 is 2.27 bits per heavy atom. The van der Waals surface area contributed by atoms with Crippen molar-refractivity contribution in [2.75, 3.05) is 13.6 Å². The van der Waals surface area contributed by atoms with Crippen molar-refractivity contribution in [3.63, 3.8) is 0 Å². The van der Waals surface area contributed by atoms with Crippen LogP contribution in [0.5, 0.6) is 0 Å². The lowest BCUT2D eigenvalue weighted by atomic mass is 9.71. The minimum atomic E-state index is 0.920. The standard InChI is InChI=1S/C12H21N3/c1-13-9-11-4-3-10(11)5-6-12-7-8-14-15(12)2/h7-8,10-11,13H,3-6,9H2,1-2H3. The quantitative estimate of drug-likeness (QED) is 0.795. The fourth-order valence-corrected chi connectivity index (χ4v) is 2.53. The van der Waals surface area contributed by atoms with Gasteiger partial charge in [-0.05, 0) is 57.2 Å². The highest BCUT2D eigenvalue weighted by Crippen LogP contribution is 2.36. The Labute approximate surface area is 91.9 Å². The van der Waals surface area contributed by atoms with E-state index in [-0.39, 0.29) is 0 Å². The van der Waals surface area contributed by atoms with Crippen molar-refractivity contribution in [3.8, 4) is 0 Å². The predicted octanol–water partition coefficient (Wildman–Crippen LogP) is 1.60. The molecule has 1 aromatic heterocycles.